The zero-order valence-electron chi connectivity index (χ0n) is 12.1. The van der Waals surface area contributed by atoms with Crippen molar-refractivity contribution in [3.63, 3.8) is 0 Å². The van der Waals surface area contributed by atoms with Gasteiger partial charge < -0.3 is 4.74 Å². The zero-order chi connectivity index (χ0) is 14.8. The van der Waals surface area contributed by atoms with Gasteiger partial charge in [0.2, 0.25) is 0 Å². The number of hydrogen-bond acceptors (Lipinski definition) is 4. The molecule has 0 spiro atoms. The molecule has 0 saturated heterocycles. The predicted octanol–water partition coefficient (Wildman–Crippen LogP) is 4.00. The number of hydrogen-bond donors (Lipinski definition) is 0. The fourth-order valence-corrected chi connectivity index (χ4v) is 2.09. The van der Waals surface area contributed by atoms with Crippen LogP contribution in [0, 0.1) is 0 Å². The molecule has 0 aliphatic rings. The van der Waals surface area contributed by atoms with Crippen molar-refractivity contribution in [1.29, 1.82) is 0 Å². The summed E-state index contributed by atoms with van der Waals surface area (Å²) >= 11 is 3.45. The zero-order valence-corrected chi connectivity index (χ0v) is 13.7. The van der Waals surface area contributed by atoms with E-state index in [9.17, 15) is 0 Å². The first kappa shape index (κ1) is 14.9. The van der Waals surface area contributed by atoms with E-state index in [0.717, 1.165) is 27.4 Å². The van der Waals surface area contributed by atoms with Gasteiger partial charge in [0.05, 0.1) is 18.5 Å². The maximum Gasteiger partial charge on any atom is 0.138 e. The van der Waals surface area contributed by atoms with Crippen molar-refractivity contribution in [3.8, 4) is 17.0 Å². The largest absolute Gasteiger partial charge is 0.492 e. The molecule has 2 aromatic heterocycles. The van der Waals surface area contributed by atoms with E-state index in [1.54, 1.807) is 12.4 Å². The van der Waals surface area contributed by atoms with Crippen LogP contribution < -0.4 is 4.74 Å². The second-order valence-electron chi connectivity index (χ2n) is 5.49. The molecule has 5 heteroatoms. The van der Waals surface area contributed by atoms with Gasteiger partial charge in [-0.15, -0.1) is 0 Å². The Balaban J connectivity index is 2.47. The maximum absolute atomic E-state index is 5.48. The van der Waals surface area contributed by atoms with Crippen LogP contribution in [0.2, 0.25) is 0 Å². The van der Waals surface area contributed by atoms with Crippen LogP contribution in [0.4, 0.5) is 0 Å². The molecule has 0 amide bonds. The number of halogens is 1. The minimum atomic E-state index is -0.108. The lowest BCUT2D eigenvalue weighted by molar-refractivity contribution is 0.339. The van der Waals surface area contributed by atoms with Gasteiger partial charge in [0.25, 0.3) is 0 Å². The Hall–Kier alpha value is -1.49. The van der Waals surface area contributed by atoms with Gasteiger partial charge in [0, 0.05) is 17.2 Å². The quantitative estimate of drug-likeness (QED) is 0.795. The molecule has 0 radical (unpaired) electrons. The lowest BCUT2D eigenvalue weighted by atomic mass is 9.95. The summed E-state index contributed by atoms with van der Waals surface area (Å²) in [4.78, 5) is 13.3. The highest BCUT2D eigenvalue weighted by Gasteiger charge is 2.19. The van der Waals surface area contributed by atoms with E-state index in [4.69, 9.17) is 4.74 Å². The summed E-state index contributed by atoms with van der Waals surface area (Å²) in [5, 5.41) is 0. The van der Waals surface area contributed by atoms with E-state index >= 15 is 0 Å². The summed E-state index contributed by atoms with van der Waals surface area (Å²) in [5.41, 5.74) is 1.65. The van der Waals surface area contributed by atoms with Gasteiger partial charge in [-0.3, -0.25) is 4.98 Å². The summed E-state index contributed by atoms with van der Waals surface area (Å²) in [6.07, 6.45) is 3.48. The third kappa shape index (κ3) is 3.54. The van der Waals surface area contributed by atoms with Crippen molar-refractivity contribution in [2.75, 3.05) is 6.61 Å². The van der Waals surface area contributed by atoms with E-state index < -0.39 is 0 Å². The van der Waals surface area contributed by atoms with Crippen LogP contribution in [-0.2, 0) is 5.41 Å². The SMILES string of the molecule is CCOc1cncc(-c2cc(Br)nc(C(C)(C)C)n2)c1. The molecule has 2 heterocycles. The molecule has 0 aliphatic carbocycles. The van der Waals surface area contributed by atoms with E-state index in [-0.39, 0.29) is 5.41 Å². The first-order chi connectivity index (χ1) is 9.40. The highest BCUT2D eigenvalue weighted by molar-refractivity contribution is 9.10. The average Bonchev–Trinajstić information content (AvgIpc) is 2.38. The fraction of sp³-hybridized carbons (Fsp3) is 0.400. The van der Waals surface area contributed by atoms with Gasteiger partial charge in [-0.25, -0.2) is 9.97 Å². The lowest BCUT2D eigenvalue weighted by Crippen LogP contribution is -2.16. The second-order valence-corrected chi connectivity index (χ2v) is 6.30. The lowest BCUT2D eigenvalue weighted by Gasteiger charge is -2.17. The molecule has 0 atom stereocenters. The van der Waals surface area contributed by atoms with E-state index in [2.05, 4.69) is 51.7 Å². The third-order valence-electron chi connectivity index (χ3n) is 2.69. The summed E-state index contributed by atoms with van der Waals surface area (Å²) in [5.74, 6) is 1.54. The second kappa shape index (κ2) is 5.87. The number of aromatic nitrogens is 3. The van der Waals surface area contributed by atoms with Crippen LogP contribution in [-0.4, -0.2) is 21.6 Å². The molecule has 2 aromatic rings. The third-order valence-corrected chi connectivity index (χ3v) is 3.09. The molecular weight excluding hydrogens is 318 g/mol. The number of rotatable bonds is 3. The standard InChI is InChI=1S/C15H18BrN3O/c1-5-20-11-6-10(8-17-9-11)12-7-13(16)19-14(18-12)15(2,3)4/h6-9H,5H2,1-4H3. The monoisotopic (exact) mass is 335 g/mol. The van der Waals surface area contributed by atoms with Crippen molar-refractivity contribution >= 4 is 15.9 Å². The molecule has 0 N–H and O–H groups in total. The molecule has 0 bridgehead atoms. The molecule has 0 aromatic carbocycles. The Morgan fingerprint density at radius 2 is 1.90 bits per heavy atom. The Labute approximate surface area is 127 Å². The van der Waals surface area contributed by atoms with Gasteiger partial charge in [-0.1, -0.05) is 20.8 Å². The van der Waals surface area contributed by atoms with Crippen LogP contribution in [0.5, 0.6) is 5.75 Å². The average molecular weight is 336 g/mol. The number of pyridine rings is 1. The summed E-state index contributed by atoms with van der Waals surface area (Å²) < 4.78 is 6.25. The molecule has 0 saturated carbocycles. The Morgan fingerprint density at radius 3 is 2.55 bits per heavy atom. The van der Waals surface area contributed by atoms with Crippen LogP contribution in [0.15, 0.2) is 29.1 Å². The van der Waals surface area contributed by atoms with Crippen molar-refractivity contribution in [3.05, 3.63) is 35.0 Å². The molecule has 106 valence electrons. The minimum Gasteiger partial charge on any atom is -0.492 e. The molecule has 2 rings (SSSR count). The van der Waals surface area contributed by atoms with E-state index in [1.807, 2.05) is 19.1 Å². The maximum atomic E-state index is 5.48. The van der Waals surface area contributed by atoms with Crippen LogP contribution in [0.25, 0.3) is 11.3 Å². The molecule has 0 fully saturated rings. The van der Waals surface area contributed by atoms with E-state index in [0.29, 0.717) is 6.61 Å². The highest BCUT2D eigenvalue weighted by atomic mass is 79.9. The van der Waals surface area contributed by atoms with Gasteiger partial charge in [0.1, 0.15) is 16.2 Å². The molecule has 4 nitrogen and oxygen atoms in total. The van der Waals surface area contributed by atoms with Crippen LogP contribution in [0.3, 0.4) is 0 Å². The Bertz CT molecular complexity index is 608. The highest BCUT2D eigenvalue weighted by Crippen LogP contribution is 2.26. The molecular formula is C15H18BrN3O. The fourth-order valence-electron chi connectivity index (χ4n) is 1.71. The summed E-state index contributed by atoms with van der Waals surface area (Å²) in [7, 11) is 0. The first-order valence-corrected chi connectivity index (χ1v) is 7.32. The molecule has 0 aliphatic heterocycles. The van der Waals surface area contributed by atoms with Crippen LogP contribution in [0.1, 0.15) is 33.5 Å². The van der Waals surface area contributed by atoms with Crippen molar-refractivity contribution in [1.82, 2.24) is 15.0 Å². The van der Waals surface area contributed by atoms with E-state index in [1.165, 1.54) is 0 Å². The van der Waals surface area contributed by atoms with Gasteiger partial charge in [0.15, 0.2) is 0 Å². The van der Waals surface area contributed by atoms with Gasteiger partial charge in [-0.05, 0) is 35.0 Å². The number of nitrogens with zero attached hydrogens (tertiary/aromatic N) is 3. The number of ether oxygens (including phenoxy) is 1. The Morgan fingerprint density at radius 1 is 1.15 bits per heavy atom. The summed E-state index contributed by atoms with van der Waals surface area (Å²) in [6, 6.07) is 3.83. The van der Waals surface area contributed by atoms with Crippen molar-refractivity contribution in [2.24, 2.45) is 0 Å². The van der Waals surface area contributed by atoms with Crippen LogP contribution >= 0.6 is 15.9 Å². The van der Waals surface area contributed by atoms with Gasteiger partial charge >= 0.3 is 0 Å². The predicted molar refractivity (Wildman–Crippen MR) is 82.8 cm³/mol. The molecule has 0 unspecified atom stereocenters. The molecule has 20 heavy (non-hydrogen) atoms. The van der Waals surface area contributed by atoms with Crippen molar-refractivity contribution < 1.29 is 4.74 Å². The topological polar surface area (TPSA) is 47.9 Å². The minimum absolute atomic E-state index is 0.108. The first-order valence-electron chi connectivity index (χ1n) is 6.53. The Kier molecular flexibility index (Phi) is 4.38. The van der Waals surface area contributed by atoms with Gasteiger partial charge in [-0.2, -0.15) is 0 Å². The normalized spacial score (nSPS) is 11.4. The summed E-state index contributed by atoms with van der Waals surface area (Å²) in [6.45, 7) is 8.84. The smallest absolute Gasteiger partial charge is 0.138 e. The van der Waals surface area contributed by atoms with Crippen molar-refractivity contribution in [2.45, 2.75) is 33.1 Å².